The number of benzene rings is 1. The average Bonchev–Trinajstić information content (AvgIpc) is 3.38. The van der Waals surface area contributed by atoms with Gasteiger partial charge in [-0.1, -0.05) is 18.2 Å². The highest BCUT2D eigenvalue weighted by molar-refractivity contribution is 5.99. The molecule has 0 radical (unpaired) electrons. The third-order valence-electron chi connectivity index (χ3n) is 6.88. The highest BCUT2D eigenvalue weighted by Crippen LogP contribution is 2.32. The van der Waals surface area contributed by atoms with Gasteiger partial charge in [-0.2, -0.15) is 0 Å². The molecule has 0 aliphatic carbocycles. The van der Waals surface area contributed by atoms with Crippen molar-refractivity contribution < 1.29 is 9.59 Å². The smallest absolute Gasteiger partial charge is 0.257 e. The molecular weight excluding hydrogens is 414 g/mol. The molecule has 2 saturated heterocycles. The number of piperidine rings is 1. The summed E-state index contributed by atoms with van der Waals surface area (Å²) in [7, 11) is 0. The Morgan fingerprint density at radius 3 is 2.27 bits per heavy atom. The zero-order valence-electron chi connectivity index (χ0n) is 19.3. The zero-order valence-corrected chi connectivity index (χ0v) is 19.3. The Morgan fingerprint density at radius 2 is 1.55 bits per heavy atom. The molecule has 1 aromatic carbocycles. The highest BCUT2D eigenvalue weighted by Gasteiger charge is 2.31. The Kier molecular flexibility index (Phi) is 5.79. The first-order valence-corrected chi connectivity index (χ1v) is 11.8. The summed E-state index contributed by atoms with van der Waals surface area (Å²) in [5, 5.41) is 0.992. The van der Waals surface area contributed by atoms with Crippen LogP contribution in [0, 0.1) is 13.8 Å². The number of amides is 2. The van der Waals surface area contributed by atoms with Gasteiger partial charge >= 0.3 is 0 Å². The van der Waals surface area contributed by atoms with Crippen molar-refractivity contribution in [1.82, 2.24) is 24.8 Å². The Hall–Kier alpha value is -3.35. The summed E-state index contributed by atoms with van der Waals surface area (Å²) < 4.78 is 0. The fourth-order valence-corrected chi connectivity index (χ4v) is 5.02. The lowest BCUT2D eigenvalue weighted by atomic mass is 9.89. The van der Waals surface area contributed by atoms with Crippen LogP contribution in [0.3, 0.4) is 0 Å². The van der Waals surface area contributed by atoms with Gasteiger partial charge in [0.15, 0.2) is 0 Å². The molecule has 5 rings (SSSR count). The summed E-state index contributed by atoms with van der Waals surface area (Å²) in [5.74, 6) is 0.883. The van der Waals surface area contributed by atoms with Crippen molar-refractivity contribution >= 4 is 22.7 Å². The molecule has 0 N–H and O–H groups in total. The maximum atomic E-state index is 13.4. The number of nitrogens with zero attached hydrogens (tertiary/aromatic N) is 5. The van der Waals surface area contributed by atoms with Gasteiger partial charge in [-0.15, -0.1) is 0 Å². The predicted molar refractivity (Wildman–Crippen MR) is 126 cm³/mol. The Morgan fingerprint density at radius 1 is 0.879 bits per heavy atom. The average molecular weight is 444 g/mol. The number of para-hydroxylation sites is 1. The molecule has 3 aromatic rings. The van der Waals surface area contributed by atoms with E-state index >= 15 is 0 Å². The number of likely N-dealkylation sites (tertiary alicyclic amines) is 2. The van der Waals surface area contributed by atoms with Gasteiger partial charge in [0.25, 0.3) is 11.8 Å². The van der Waals surface area contributed by atoms with Crippen LogP contribution in [0.2, 0.25) is 0 Å². The van der Waals surface area contributed by atoms with Crippen molar-refractivity contribution in [1.29, 1.82) is 0 Å². The largest absolute Gasteiger partial charge is 0.339 e. The van der Waals surface area contributed by atoms with Crippen molar-refractivity contribution in [2.45, 2.75) is 45.4 Å². The van der Waals surface area contributed by atoms with Crippen molar-refractivity contribution in [2.24, 2.45) is 0 Å². The minimum absolute atomic E-state index is 0.0224. The number of hydrogen-bond acceptors (Lipinski definition) is 5. The lowest BCUT2D eigenvalue weighted by Gasteiger charge is -2.33. The van der Waals surface area contributed by atoms with Crippen LogP contribution in [-0.4, -0.2) is 62.7 Å². The molecule has 0 saturated carbocycles. The number of aryl methyl sites for hydroxylation is 2. The van der Waals surface area contributed by atoms with Crippen molar-refractivity contribution in [2.75, 3.05) is 26.2 Å². The van der Waals surface area contributed by atoms with Crippen LogP contribution >= 0.6 is 0 Å². The summed E-state index contributed by atoms with van der Waals surface area (Å²) in [6.07, 6.45) is 5.31. The SMILES string of the molecule is Cc1ncc(C(=O)N2CCC(c3nc4ccccc4cc3C(=O)N3CCCC3)CC2)c(C)n1. The molecule has 2 amide bonds. The predicted octanol–water partition coefficient (Wildman–Crippen LogP) is 3.90. The van der Waals surface area contributed by atoms with Gasteiger partial charge in [-0.05, 0) is 51.7 Å². The first-order valence-electron chi connectivity index (χ1n) is 11.8. The van der Waals surface area contributed by atoms with Crippen molar-refractivity contribution in [3.8, 4) is 0 Å². The molecule has 0 unspecified atom stereocenters. The second-order valence-corrected chi connectivity index (χ2v) is 9.10. The molecule has 2 fully saturated rings. The van der Waals surface area contributed by atoms with Crippen LogP contribution in [0.15, 0.2) is 36.5 Å². The van der Waals surface area contributed by atoms with Gasteiger partial charge in [0.1, 0.15) is 5.82 Å². The molecule has 2 aromatic heterocycles. The van der Waals surface area contributed by atoms with E-state index in [2.05, 4.69) is 9.97 Å². The van der Waals surface area contributed by atoms with E-state index in [-0.39, 0.29) is 17.7 Å². The first-order chi connectivity index (χ1) is 16.0. The topological polar surface area (TPSA) is 79.3 Å². The highest BCUT2D eigenvalue weighted by atomic mass is 16.2. The van der Waals surface area contributed by atoms with E-state index in [1.165, 1.54) is 0 Å². The van der Waals surface area contributed by atoms with Crippen molar-refractivity contribution in [3.05, 3.63) is 64.9 Å². The standard InChI is InChI=1S/C26H29N5O2/c1-17-22(16-27-18(2)28-17)26(33)31-13-9-19(10-14-31)24-21(25(32)30-11-5-6-12-30)15-20-7-3-4-8-23(20)29-24/h3-4,7-8,15-16,19H,5-6,9-14H2,1-2H3. The molecule has 2 aliphatic heterocycles. The van der Waals surface area contributed by atoms with Crippen molar-refractivity contribution in [3.63, 3.8) is 0 Å². The summed E-state index contributed by atoms with van der Waals surface area (Å²) in [5.41, 5.74) is 3.80. The summed E-state index contributed by atoms with van der Waals surface area (Å²) in [6.45, 7) is 6.56. The number of fused-ring (bicyclic) bond motifs is 1. The zero-order chi connectivity index (χ0) is 22.9. The normalized spacial score (nSPS) is 17.0. The third-order valence-corrected chi connectivity index (χ3v) is 6.88. The van der Waals surface area contributed by atoms with Gasteiger partial charge in [0.2, 0.25) is 0 Å². The van der Waals surface area contributed by atoms with Gasteiger partial charge in [-0.25, -0.2) is 9.97 Å². The van der Waals surface area contributed by atoms with E-state index in [0.717, 1.165) is 60.9 Å². The summed E-state index contributed by atoms with van der Waals surface area (Å²) in [4.78, 5) is 43.8. The van der Waals surface area contributed by atoms with E-state index in [1.54, 1.807) is 6.20 Å². The van der Waals surface area contributed by atoms with Gasteiger partial charge in [0.05, 0.1) is 28.0 Å². The molecule has 4 heterocycles. The molecule has 0 bridgehead atoms. The minimum atomic E-state index is -0.0224. The second kappa shape index (κ2) is 8.89. The van der Waals surface area contributed by atoms with E-state index in [4.69, 9.17) is 4.98 Å². The Balaban J connectivity index is 1.40. The minimum Gasteiger partial charge on any atom is -0.339 e. The van der Waals surface area contributed by atoms with E-state index in [0.29, 0.717) is 30.2 Å². The number of pyridine rings is 1. The molecular formula is C26H29N5O2. The Bertz CT molecular complexity index is 1210. The van der Waals surface area contributed by atoms with Gasteiger partial charge in [-0.3, -0.25) is 14.6 Å². The fourth-order valence-electron chi connectivity index (χ4n) is 5.02. The number of carbonyl (C=O) groups is 2. The molecule has 0 spiro atoms. The second-order valence-electron chi connectivity index (χ2n) is 9.10. The molecule has 7 heteroatoms. The fraction of sp³-hybridized carbons (Fsp3) is 0.423. The molecule has 170 valence electrons. The van der Waals surface area contributed by atoms with Gasteiger partial charge in [0, 0.05) is 43.7 Å². The molecule has 7 nitrogen and oxygen atoms in total. The van der Waals surface area contributed by atoms with Gasteiger partial charge < -0.3 is 9.80 Å². The Labute approximate surface area is 193 Å². The van der Waals surface area contributed by atoms with Crippen LogP contribution in [0.1, 0.15) is 69.5 Å². The van der Waals surface area contributed by atoms with Crippen LogP contribution in [-0.2, 0) is 0 Å². The van der Waals surface area contributed by atoms with E-state index < -0.39 is 0 Å². The summed E-state index contributed by atoms with van der Waals surface area (Å²) >= 11 is 0. The number of carbonyl (C=O) groups excluding carboxylic acids is 2. The quantitative estimate of drug-likeness (QED) is 0.613. The number of rotatable bonds is 3. The monoisotopic (exact) mass is 443 g/mol. The van der Waals surface area contributed by atoms with Crippen LogP contribution < -0.4 is 0 Å². The van der Waals surface area contributed by atoms with E-state index in [9.17, 15) is 9.59 Å². The lowest BCUT2D eigenvalue weighted by molar-refractivity contribution is 0.0705. The number of aromatic nitrogens is 3. The van der Waals surface area contributed by atoms with Crippen LogP contribution in [0.5, 0.6) is 0 Å². The molecule has 33 heavy (non-hydrogen) atoms. The van der Waals surface area contributed by atoms with Crippen LogP contribution in [0.25, 0.3) is 10.9 Å². The lowest BCUT2D eigenvalue weighted by Crippen LogP contribution is -2.39. The first kappa shape index (κ1) is 21.5. The van der Waals surface area contributed by atoms with E-state index in [1.807, 2.05) is 54.0 Å². The number of hydrogen-bond donors (Lipinski definition) is 0. The summed E-state index contributed by atoms with van der Waals surface area (Å²) in [6, 6.07) is 9.99. The third kappa shape index (κ3) is 4.19. The van der Waals surface area contributed by atoms with Crippen LogP contribution in [0.4, 0.5) is 0 Å². The molecule has 0 atom stereocenters. The maximum absolute atomic E-state index is 13.4. The maximum Gasteiger partial charge on any atom is 0.257 e. The molecule has 2 aliphatic rings.